The highest BCUT2D eigenvalue weighted by Gasteiger charge is 2.22. The van der Waals surface area contributed by atoms with Crippen LogP contribution in [0.1, 0.15) is 31.2 Å². The van der Waals surface area contributed by atoms with Crippen LogP contribution in [-0.2, 0) is 6.54 Å². The van der Waals surface area contributed by atoms with Crippen LogP contribution in [-0.4, -0.2) is 29.6 Å². The standard InChI is InChI=1S/C15H22N2OS/c1-18-14-8-6-12(7-9-14)10-17(11-15(16)19)13-4-2-3-5-13/h6-9,13H,2-5,10-11H2,1H3,(H2,16,19). The Kier molecular flexibility index (Phi) is 5.16. The molecule has 104 valence electrons. The van der Waals surface area contributed by atoms with Crippen molar-refractivity contribution in [1.82, 2.24) is 4.90 Å². The third-order valence-corrected chi connectivity index (χ3v) is 3.87. The summed E-state index contributed by atoms with van der Waals surface area (Å²) >= 11 is 5.08. The monoisotopic (exact) mass is 278 g/mol. The smallest absolute Gasteiger partial charge is 0.118 e. The van der Waals surface area contributed by atoms with Crippen molar-refractivity contribution in [3.05, 3.63) is 29.8 Å². The lowest BCUT2D eigenvalue weighted by molar-refractivity contribution is 0.219. The van der Waals surface area contributed by atoms with Gasteiger partial charge in [-0.05, 0) is 30.5 Å². The van der Waals surface area contributed by atoms with E-state index in [1.165, 1.54) is 31.2 Å². The van der Waals surface area contributed by atoms with Crippen molar-refractivity contribution in [2.75, 3.05) is 13.7 Å². The van der Waals surface area contributed by atoms with Gasteiger partial charge in [-0.15, -0.1) is 0 Å². The average molecular weight is 278 g/mol. The molecule has 0 spiro atoms. The molecule has 0 radical (unpaired) electrons. The lowest BCUT2D eigenvalue weighted by Crippen LogP contribution is -2.38. The van der Waals surface area contributed by atoms with Crippen LogP contribution >= 0.6 is 12.2 Å². The highest BCUT2D eigenvalue weighted by molar-refractivity contribution is 7.80. The van der Waals surface area contributed by atoms with Crippen molar-refractivity contribution in [3.63, 3.8) is 0 Å². The molecule has 0 aliphatic heterocycles. The zero-order valence-electron chi connectivity index (χ0n) is 11.5. The highest BCUT2D eigenvalue weighted by Crippen LogP contribution is 2.25. The van der Waals surface area contributed by atoms with Crippen LogP contribution in [0, 0.1) is 0 Å². The second-order valence-electron chi connectivity index (χ2n) is 5.16. The Balaban J connectivity index is 2.03. The molecule has 0 unspecified atom stereocenters. The van der Waals surface area contributed by atoms with E-state index < -0.39 is 0 Å². The molecule has 0 amide bonds. The van der Waals surface area contributed by atoms with Crippen molar-refractivity contribution in [3.8, 4) is 5.75 Å². The summed E-state index contributed by atoms with van der Waals surface area (Å²) in [6, 6.07) is 8.86. The van der Waals surface area contributed by atoms with Crippen molar-refractivity contribution in [1.29, 1.82) is 0 Å². The Morgan fingerprint density at radius 2 is 1.95 bits per heavy atom. The molecule has 3 nitrogen and oxygen atoms in total. The summed E-state index contributed by atoms with van der Waals surface area (Å²) in [5.74, 6) is 0.894. The zero-order valence-corrected chi connectivity index (χ0v) is 12.3. The summed E-state index contributed by atoms with van der Waals surface area (Å²) < 4.78 is 5.18. The molecule has 0 atom stereocenters. The van der Waals surface area contributed by atoms with Gasteiger partial charge in [0.1, 0.15) is 5.75 Å². The second kappa shape index (κ2) is 6.87. The summed E-state index contributed by atoms with van der Waals surface area (Å²) in [7, 11) is 1.69. The van der Waals surface area contributed by atoms with E-state index in [9.17, 15) is 0 Å². The summed E-state index contributed by atoms with van der Waals surface area (Å²) in [5.41, 5.74) is 7.01. The molecule has 1 fully saturated rings. The topological polar surface area (TPSA) is 38.5 Å². The van der Waals surface area contributed by atoms with Crippen molar-refractivity contribution in [2.45, 2.75) is 38.3 Å². The Morgan fingerprint density at radius 1 is 1.32 bits per heavy atom. The SMILES string of the molecule is COc1ccc(CN(CC(N)=S)C2CCCC2)cc1. The van der Waals surface area contributed by atoms with Crippen LogP contribution in [0.2, 0.25) is 0 Å². The molecule has 0 saturated heterocycles. The lowest BCUT2D eigenvalue weighted by atomic mass is 10.1. The Hall–Kier alpha value is -1.13. The van der Waals surface area contributed by atoms with Gasteiger partial charge < -0.3 is 10.5 Å². The molecule has 0 heterocycles. The van der Waals surface area contributed by atoms with E-state index in [1.807, 2.05) is 12.1 Å². The molecule has 19 heavy (non-hydrogen) atoms. The van der Waals surface area contributed by atoms with E-state index in [2.05, 4.69) is 17.0 Å². The largest absolute Gasteiger partial charge is 0.497 e. The van der Waals surface area contributed by atoms with Crippen molar-refractivity contribution < 1.29 is 4.74 Å². The minimum atomic E-state index is 0.584. The maximum atomic E-state index is 5.73. The van der Waals surface area contributed by atoms with Gasteiger partial charge in [0.05, 0.1) is 12.1 Å². The number of thiocarbonyl (C=S) groups is 1. The molecule has 2 rings (SSSR count). The van der Waals surface area contributed by atoms with Gasteiger partial charge in [-0.2, -0.15) is 0 Å². The second-order valence-corrected chi connectivity index (χ2v) is 5.68. The van der Waals surface area contributed by atoms with Crippen LogP contribution < -0.4 is 10.5 Å². The third kappa shape index (κ3) is 4.18. The lowest BCUT2D eigenvalue weighted by Gasteiger charge is -2.28. The number of methoxy groups -OCH3 is 1. The molecule has 1 aliphatic carbocycles. The van der Waals surface area contributed by atoms with E-state index in [0.717, 1.165) is 12.3 Å². The van der Waals surface area contributed by atoms with Crippen molar-refractivity contribution in [2.24, 2.45) is 5.73 Å². The van der Waals surface area contributed by atoms with Crippen LogP contribution in [0.5, 0.6) is 5.75 Å². The van der Waals surface area contributed by atoms with Gasteiger partial charge in [0.15, 0.2) is 0 Å². The van der Waals surface area contributed by atoms with E-state index in [4.69, 9.17) is 22.7 Å². The fourth-order valence-electron chi connectivity index (χ4n) is 2.75. The number of benzene rings is 1. The van der Waals surface area contributed by atoms with Gasteiger partial charge in [-0.3, -0.25) is 4.90 Å². The van der Waals surface area contributed by atoms with E-state index in [1.54, 1.807) is 7.11 Å². The Morgan fingerprint density at radius 3 is 2.47 bits per heavy atom. The number of nitrogens with zero attached hydrogens (tertiary/aromatic N) is 1. The summed E-state index contributed by atoms with van der Waals surface area (Å²) in [4.78, 5) is 3.00. The Labute approximate surface area is 120 Å². The van der Waals surface area contributed by atoms with E-state index in [0.29, 0.717) is 17.6 Å². The summed E-state index contributed by atoms with van der Waals surface area (Å²) in [5, 5.41) is 0. The first kappa shape index (κ1) is 14.3. The van der Waals surface area contributed by atoms with E-state index >= 15 is 0 Å². The van der Waals surface area contributed by atoms with Crippen LogP contribution in [0.25, 0.3) is 0 Å². The number of rotatable bonds is 6. The molecule has 1 aromatic carbocycles. The summed E-state index contributed by atoms with van der Waals surface area (Å²) in [6.45, 7) is 1.62. The molecule has 2 N–H and O–H groups in total. The normalized spacial score (nSPS) is 15.9. The summed E-state index contributed by atoms with van der Waals surface area (Å²) in [6.07, 6.45) is 5.17. The molecule has 0 bridgehead atoms. The van der Waals surface area contributed by atoms with Crippen LogP contribution in [0.3, 0.4) is 0 Å². The average Bonchev–Trinajstić information content (AvgIpc) is 2.92. The highest BCUT2D eigenvalue weighted by atomic mass is 32.1. The first-order chi connectivity index (χ1) is 9.19. The van der Waals surface area contributed by atoms with Gasteiger partial charge in [0.2, 0.25) is 0 Å². The quantitative estimate of drug-likeness (QED) is 0.812. The predicted molar refractivity (Wildman–Crippen MR) is 82.4 cm³/mol. The maximum absolute atomic E-state index is 5.73. The van der Waals surface area contributed by atoms with Crippen LogP contribution in [0.15, 0.2) is 24.3 Å². The number of ether oxygens (including phenoxy) is 1. The number of hydrogen-bond donors (Lipinski definition) is 1. The van der Waals surface area contributed by atoms with Gasteiger partial charge in [0, 0.05) is 19.1 Å². The molecule has 1 saturated carbocycles. The fraction of sp³-hybridized carbons (Fsp3) is 0.533. The van der Waals surface area contributed by atoms with Gasteiger partial charge in [-0.25, -0.2) is 0 Å². The molecular weight excluding hydrogens is 256 g/mol. The third-order valence-electron chi connectivity index (χ3n) is 3.74. The molecular formula is C15H22N2OS. The first-order valence-corrected chi connectivity index (χ1v) is 7.25. The predicted octanol–water partition coefficient (Wildman–Crippen LogP) is 2.73. The molecule has 4 heteroatoms. The number of hydrogen-bond acceptors (Lipinski definition) is 3. The zero-order chi connectivity index (χ0) is 13.7. The Bertz CT molecular complexity index is 413. The van der Waals surface area contributed by atoms with Crippen LogP contribution in [0.4, 0.5) is 0 Å². The maximum Gasteiger partial charge on any atom is 0.118 e. The molecule has 0 aromatic heterocycles. The first-order valence-electron chi connectivity index (χ1n) is 6.84. The van der Waals surface area contributed by atoms with Crippen molar-refractivity contribution >= 4 is 17.2 Å². The van der Waals surface area contributed by atoms with Gasteiger partial charge >= 0.3 is 0 Å². The minimum absolute atomic E-state index is 0.584. The molecule has 1 aromatic rings. The van der Waals surface area contributed by atoms with E-state index in [-0.39, 0.29) is 0 Å². The molecule has 1 aliphatic rings. The van der Waals surface area contributed by atoms with Gasteiger partial charge in [-0.1, -0.05) is 37.2 Å². The number of nitrogens with two attached hydrogens (primary N) is 1. The minimum Gasteiger partial charge on any atom is -0.497 e. The van der Waals surface area contributed by atoms with Gasteiger partial charge in [0.25, 0.3) is 0 Å². The fourth-order valence-corrected chi connectivity index (χ4v) is 2.91.